The van der Waals surface area contributed by atoms with Gasteiger partial charge in [-0.2, -0.15) is 0 Å². The van der Waals surface area contributed by atoms with E-state index in [1.165, 1.54) is 18.5 Å². The van der Waals surface area contributed by atoms with Crippen molar-refractivity contribution in [1.29, 1.82) is 0 Å². The van der Waals surface area contributed by atoms with Gasteiger partial charge in [0.25, 0.3) is 5.56 Å². The Bertz CT molecular complexity index is 1250. The van der Waals surface area contributed by atoms with Crippen molar-refractivity contribution in [3.8, 4) is 11.1 Å². The maximum Gasteiger partial charge on any atom is 0.258 e. The monoisotopic (exact) mass is 463 g/mol. The van der Waals surface area contributed by atoms with E-state index in [4.69, 9.17) is 0 Å². The number of fused-ring (bicyclic) bond motifs is 3. The average Bonchev–Trinajstić information content (AvgIpc) is 3.39. The number of nitrogens with zero attached hydrogens (tertiary/aromatic N) is 4. The third kappa shape index (κ3) is 3.70. The van der Waals surface area contributed by atoms with Gasteiger partial charge in [0.05, 0.1) is 24.3 Å². The molecule has 0 saturated carbocycles. The Morgan fingerprint density at radius 2 is 2.00 bits per heavy atom. The van der Waals surface area contributed by atoms with Crippen LogP contribution >= 0.6 is 0 Å². The van der Waals surface area contributed by atoms with Gasteiger partial charge in [0, 0.05) is 42.4 Å². The van der Waals surface area contributed by atoms with Gasteiger partial charge in [0.1, 0.15) is 12.1 Å². The van der Waals surface area contributed by atoms with E-state index in [0.29, 0.717) is 29.9 Å². The second-order valence-electron chi connectivity index (χ2n) is 8.74. The van der Waals surface area contributed by atoms with Crippen molar-refractivity contribution in [3.05, 3.63) is 82.5 Å². The highest BCUT2D eigenvalue weighted by Gasteiger charge is 2.54. The molecular weight excluding hydrogens is 437 g/mol. The molecule has 4 atom stereocenters. The van der Waals surface area contributed by atoms with E-state index in [2.05, 4.69) is 20.2 Å². The molecule has 0 spiro atoms. The number of halogens is 1. The summed E-state index contributed by atoms with van der Waals surface area (Å²) in [6.45, 7) is 3.12. The van der Waals surface area contributed by atoms with Crippen molar-refractivity contribution in [3.63, 3.8) is 0 Å². The van der Waals surface area contributed by atoms with Crippen LogP contribution in [-0.4, -0.2) is 49.6 Å². The molecule has 176 valence electrons. The van der Waals surface area contributed by atoms with E-state index >= 15 is 0 Å². The molecule has 5 rings (SSSR count). The minimum Gasteiger partial charge on any atom is -0.396 e. The zero-order valence-electron chi connectivity index (χ0n) is 18.8. The summed E-state index contributed by atoms with van der Waals surface area (Å²) in [7, 11) is 0. The molecule has 34 heavy (non-hydrogen) atoms. The molecule has 8 nitrogen and oxygen atoms in total. The molecule has 0 bridgehead atoms. The van der Waals surface area contributed by atoms with Gasteiger partial charge >= 0.3 is 0 Å². The minimum absolute atomic E-state index is 0.0732. The van der Waals surface area contributed by atoms with Gasteiger partial charge in [-0.15, -0.1) is 0 Å². The molecule has 0 unspecified atom stereocenters. The normalized spacial score (nSPS) is 23.5. The number of aliphatic hydroxyl groups is 1. The van der Waals surface area contributed by atoms with Crippen LogP contribution in [0, 0.1) is 17.7 Å². The van der Waals surface area contributed by atoms with Gasteiger partial charge in [0.15, 0.2) is 0 Å². The van der Waals surface area contributed by atoms with Crippen LogP contribution in [0.2, 0.25) is 0 Å². The lowest BCUT2D eigenvalue weighted by molar-refractivity contribution is -0.127. The molecule has 2 aromatic heterocycles. The van der Waals surface area contributed by atoms with Crippen LogP contribution in [0.4, 0.5) is 4.39 Å². The molecule has 1 aromatic carbocycles. The molecular formula is C25H26FN5O3. The number of amides is 1. The molecule has 2 N–H and O–H groups in total. The van der Waals surface area contributed by atoms with Crippen molar-refractivity contribution in [2.45, 2.75) is 32.1 Å². The maximum atomic E-state index is 13.3. The van der Waals surface area contributed by atoms with E-state index in [1.54, 1.807) is 35.0 Å². The van der Waals surface area contributed by atoms with Crippen LogP contribution < -0.4 is 10.9 Å². The quantitative estimate of drug-likeness (QED) is 0.578. The van der Waals surface area contributed by atoms with E-state index in [9.17, 15) is 19.1 Å². The van der Waals surface area contributed by atoms with E-state index in [1.807, 2.05) is 13.0 Å². The fourth-order valence-electron chi connectivity index (χ4n) is 5.54. The summed E-state index contributed by atoms with van der Waals surface area (Å²) in [5, 5.41) is 13.2. The Morgan fingerprint density at radius 3 is 2.68 bits per heavy atom. The second-order valence-corrected chi connectivity index (χ2v) is 8.74. The molecule has 4 heterocycles. The Labute approximate surface area is 196 Å². The highest BCUT2D eigenvalue weighted by Crippen LogP contribution is 2.49. The van der Waals surface area contributed by atoms with Crippen LogP contribution in [0.1, 0.15) is 24.4 Å². The molecule has 0 aliphatic carbocycles. The number of carbonyl (C=O) groups is 1. The standard InChI is InChI=1S/C25H26FN5O3/c1-2-30-22-19(20(13-32)23(30)24(33)28-11-17-9-10-27-14-29-17)12-31-21(22)8-7-18(25(31)34)15-3-5-16(26)6-4-15/h3-10,14,19-20,22-23,32H,2,11-13H2,1H3,(H,28,33)/t19-,20-,22+,23-/m0/s1. The van der Waals surface area contributed by atoms with Gasteiger partial charge < -0.3 is 15.0 Å². The van der Waals surface area contributed by atoms with Gasteiger partial charge in [0.2, 0.25) is 5.91 Å². The summed E-state index contributed by atoms with van der Waals surface area (Å²) < 4.78 is 15.1. The van der Waals surface area contributed by atoms with Crippen molar-refractivity contribution in [1.82, 2.24) is 24.8 Å². The van der Waals surface area contributed by atoms with Crippen molar-refractivity contribution < 1.29 is 14.3 Å². The van der Waals surface area contributed by atoms with Crippen molar-refractivity contribution in [2.24, 2.45) is 11.8 Å². The Kier molecular flexibility index (Phi) is 5.97. The number of nitrogens with one attached hydrogen (secondary N) is 1. The molecule has 1 fully saturated rings. The van der Waals surface area contributed by atoms with Crippen LogP contribution in [0.5, 0.6) is 0 Å². The van der Waals surface area contributed by atoms with E-state index in [0.717, 1.165) is 5.69 Å². The molecule has 1 amide bonds. The topological polar surface area (TPSA) is 100 Å². The first kappa shape index (κ1) is 22.4. The lowest BCUT2D eigenvalue weighted by Gasteiger charge is -2.29. The maximum absolute atomic E-state index is 13.3. The van der Waals surface area contributed by atoms with Gasteiger partial charge in [-0.25, -0.2) is 14.4 Å². The van der Waals surface area contributed by atoms with Gasteiger partial charge in [-0.1, -0.05) is 19.1 Å². The first-order valence-corrected chi connectivity index (χ1v) is 11.4. The number of hydrogen-bond acceptors (Lipinski definition) is 6. The Hall–Kier alpha value is -3.43. The Balaban J connectivity index is 1.44. The fraction of sp³-hybridized carbons (Fsp3) is 0.360. The molecule has 3 aromatic rings. The third-order valence-corrected chi connectivity index (χ3v) is 7.07. The molecule has 1 saturated heterocycles. The molecule has 0 radical (unpaired) electrons. The SMILES string of the molecule is CCN1[C@H](C(=O)NCc2ccncn2)[C@@H](CO)[C@@H]2Cn3c(ccc(-c4ccc(F)cc4)c3=O)[C@@H]21. The third-order valence-electron chi connectivity index (χ3n) is 7.07. The predicted molar refractivity (Wildman–Crippen MR) is 123 cm³/mol. The number of likely N-dealkylation sites (tertiary alicyclic amines) is 1. The summed E-state index contributed by atoms with van der Waals surface area (Å²) in [6.07, 6.45) is 3.06. The first-order chi connectivity index (χ1) is 16.5. The van der Waals surface area contributed by atoms with Crippen molar-refractivity contribution in [2.75, 3.05) is 13.2 Å². The number of aliphatic hydroxyl groups excluding tert-OH is 1. The van der Waals surface area contributed by atoms with E-state index in [-0.39, 0.29) is 48.3 Å². The number of likely N-dealkylation sites (N-methyl/N-ethyl adjacent to an activating group) is 1. The zero-order valence-corrected chi connectivity index (χ0v) is 18.8. The van der Waals surface area contributed by atoms with Crippen molar-refractivity contribution >= 4 is 5.91 Å². The number of aromatic nitrogens is 3. The summed E-state index contributed by atoms with van der Waals surface area (Å²) in [5.41, 5.74) is 2.57. The van der Waals surface area contributed by atoms with Crippen LogP contribution in [0.3, 0.4) is 0 Å². The van der Waals surface area contributed by atoms with Crippen LogP contribution in [0.15, 0.2) is 59.8 Å². The average molecular weight is 464 g/mol. The van der Waals surface area contributed by atoms with Crippen LogP contribution in [-0.2, 0) is 17.9 Å². The lowest BCUT2D eigenvalue weighted by atomic mass is 9.88. The Morgan fingerprint density at radius 1 is 1.21 bits per heavy atom. The zero-order chi connectivity index (χ0) is 23.8. The van der Waals surface area contributed by atoms with Gasteiger partial charge in [-0.3, -0.25) is 14.5 Å². The summed E-state index contributed by atoms with van der Waals surface area (Å²) >= 11 is 0. The smallest absolute Gasteiger partial charge is 0.258 e. The number of rotatable bonds is 6. The number of pyridine rings is 1. The predicted octanol–water partition coefficient (Wildman–Crippen LogP) is 1.74. The highest BCUT2D eigenvalue weighted by atomic mass is 19.1. The van der Waals surface area contributed by atoms with Gasteiger partial charge in [-0.05, 0) is 42.4 Å². The number of carbonyl (C=O) groups excluding carboxylic acids is 1. The second kappa shape index (κ2) is 9.08. The first-order valence-electron chi connectivity index (χ1n) is 11.4. The number of hydrogen-bond donors (Lipinski definition) is 2. The molecule has 2 aliphatic rings. The molecule has 9 heteroatoms. The highest BCUT2D eigenvalue weighted by molar-refractivity contribution is 5.82. The summed E-state index contributed by atoms with van der Waals surface area (Å²) in [6, 6.07) is 10.7. The largest absolute Gasteiger partial charge is 0.396 e. The lowest BCUT2D eigenvalue weighted by Crippen LogP contribution is -2.48. The fourth-order valence-corrected chi connectivity index (χ4v) is 5.54. The van der Waals surface area contributed by atoms with Crippen LogP contribution in [0.25, 0.3) is 11.1 Å². The minimum atomic E-state index is -0.507. The summed E-state index contributed by atoms with van der Waals surface area (Å²) in [5.74, 6) is -0.904. The number of benzene rings is 1. The van der Waals surface area contributed by atoms with E-state index < -0.39 is 6.04 Å². The molecule has 2 aliphatic heterocycles. The summed E-state index contributed by atoms with van der Waals surface area (Å²) in [4.78, 5) is 36.7.